The summed E-state index contributed by atoms with van der Waals surface area (Å²) in [6.07, 6.45) is -1.35. The zero-order chi connectivity index (χ0) is 13.4. The van der Waals surface area contributed by atoms with E-state index in [0.717, 1.165) is 21.1 Å². The zero-order valence-electron chi connectivity index (χ0n) is 9.80. The topological polar surface area (TPSA) is 96.0 Å². The van der Waals surface area contributed by atoms with E-state index >= 15 is 0 Å². The first kappa shape index (κ1) is 15.1. The number of ether oxygens (including phenoxy) is 3. The van der Waals surface area contributed by atoms with Crippen molar-refractivity contribution in [1.82, 2.24) is 0 Å². The minimum absolute atomic E-state index is 0.306. The predicted octanol–water partition coefficient (Wildman–Crippen LogP) is -0.531. The van der Waals surface area contributed by atoms with Crippen molar-refractivity contribution in [3.63, 3.8) is 0 Å². The Hall–Kier alpha value is -1.92. The number of methoxy groups -OCH3 is 2. The molecule has 2 atom stereocenters. The summed E-state index contributed by atoms with van der Waals surface area (Å²) >= 11 is 0. The lowest BCUT2D eigenvalue weighted by molar-refractivity contribution is -0.174. The molecule has 0 aromatic carbocycles. The van der Waals surface area contributed by atoms with Crippen LogP contribution in [0.5, 0.6) is 0 Å². The van der Waals surface area contributed by atoms with Gasteiger partial charge in [0.05, 0.1) is 14.2 Å². The molecule has 0 amide bonds. The Morgan fingerprint density at radius 1 is 1.12 bits per heavy atom. The van der Waals surface area contributed by atoms with Crippen molar-refractivity contribution in [3.05, 3.63) is 0 Å². The number of esters is 3. The third-order valence-corrected chi connectivity index (χ3v) is 1.95. The molecule has 17 heavy (non-hydrogen) atoms. The maximum atomic E-state index is 11.4. The summed E-state index contributed by atoms with van der Waals surface area (Å²) in [6.45, 7) is 1.07. The van der Waals surface area contributed by atoms with Crippen LogP contribution in [0.4, 0.5) is 0 Å². The second-order valence-electron chi connectivity index (χ2n) is 3.09. The van der Waals surface area contributed by atoms with Crippen molar-refractivity contribution in [2.45, 2.75) is 19.4 Å². The van der Waals surface area contributed by atoms with Gasteiger partial charge in [-0.05, 0) is 0 Å². The van der Waals surface area contributed by atoms with Gasteiger partial charge in [0, 0.05) is 13.3 Å². The largest absolute Gasteiger partial charge is 0.469 e. The van der Waals surface area contributed by atoms with Gasteiger partial charge in [-0.2, -0.15) is 0 Å². The molecule has 0 aromatic heterocycles. The van der Waals surface area contributed by atoms with Gasteiger partial charge in [0.15, 0.2) is 0 Å². The number of carbonyl (C=O) groups is 4. The predicted molar refractivity (Wildman–Crippen MR) is 53.8 cm³/mol. The molecule has 0 aliphatic rings. The van der Waals surface area contributed by atoms with E-state index in [4.69, 9.17) is 0 Å². The Balaban J connectivity index is 5.04. The summed E-state index contributed by atoms with van der Waals surface area (Å²) in [5.74, 6) is -3.71. The normalized spacial score (nSPS) is 13.1. The number of hydrogen-bond acceptors (Lipinski definition) is 7. The molecule has 0 saturated carbocycles. The Labute approximate surface area is 98.0 Å². The monoisotopic (exact) mass is 246 g/mol. The van der Waals surface area contributed by atoms with Gasteiger partial charge >= 0.3 is 17.9 Å². The molecule has 0 bridgehead atoms. The van der Waals surface area contributed by atoms with Crippen molar-refractivity contribution in [2.24, 2.45) is 5.92 Å². The van der Waals surface area contributed by atoms with E-state index in [2.05, 4.69) is 14.2 Å². The van der Waals surface area contributed by atoms with Gasteiger partial charge in [0.1, 0.15) is 12.2 Å². The average Bonchev–Trinajstić information content (AvgIpc) is 2.31. The third kappa shape index (κ3) is 4.62. The molecule has 0 aliphatic heterocycles. The van der Waals surface area contributed by atoms with E-state index in [1.165, 1.54) is 0 Å². The van der Waals surface area contributed by atoms with Crippen LogP contribution in [0.2, 0.25) is 0 Å². The summed E-state index contributed by atoms with van der Waals surface area (Å²) in [7, 11) is 2.18. The molecule has 0 unspecified atom stereocenters. The molecule has 7 nitrogen and oxygen atoms in total. The summed E-state index contributed by atoms with van der Waals surface area (Å²) in [5.41, 5.74) is 0. The van der Waals surface area contributed by atoms with Crippen molar-refractivity contribution in [2.75, 3.05) is 14.2 Å². The van der Waals surface area contributed by atoms with E-state index in [-0.39, 0.29) is 6.42 Å². The lowest BCUT2D eigenvalue weighted by Crippen LogP contribution is -2.40. The van der Waals surface area contributed by atoms with Gasteiger partial charge in [-0.25, -0.2) is 4.79 Å². The lowest BCUT2D eigenvalue weighted by atomic mass is 9.99. The average molecular weight is 246 g/mol. The van der Waals surface area contributed by atoms with Crippen molar-refractivity contribution >= 4 is 24.2 Å². The van der Waals surface area contributed by atoms with Gasteiger partial charge in [0.2, 0.25) is 6.10 Å². The fourth-order valence-electron chi connectivity index (χ4n) is 1.19. The molecular formula is C10H14O7. The SMILES string of the molecule is COC(=O)[C@@H](CC=O)[C@@H](OC(C)=O)C(=O)OC. The lowest BCUT2D eigenvalue weighted by Gasteiger charge is -2.20. The maximum absolute atomic E-state index is 11.4. The molecule has 7 heteroatoms. The van der Waals surface area contributed by atoms with E-state index in [1.807, 2.05) is 0 Å². The zero-order valence-corrected chi connectivity index (χ0v) is 9.80. The first-order valence-electron chi connectivity index (χ1n) is 4.74. The van der Waals surface area contributed by atoms with Crippen LogP contribution in [-0.2, 0) is 33.4 Å². The van der Waals surface area contributed by atoms with Crippen LogP contribution in [0.1, 0.15) is 13.3 Å². The van der Waals surface area contributed by atoms with E-state index in [9.17, 15) is 19.2 Å². The van der Waals surface area contributed by atoms with Crippen molar-refractivity contribution in [3.8, 4) is 0 Å². The molecule has 0 spiro atoms. The van der Waals surface area contributed by atoms with Crippen LogP contribution in [0, 0.1) is 5.92 Å². The van der Waals surface area contributed by atoms with E-state index in [0.29, 0.717) is 6.29 Å². The van der Waals surface area contributed by atoms with Crippen molar-refractivity contribution in [1.29, 1.82) is 0 Å². The highest BCUT2D eigenvalue weighted by Crippen LogP contribution is 2.15. The second-order valence-corrected chi connectivity index (χ2v) is 3.09. The highest BCUT2D eigenvalue weighted by molar-refractivity contribution is 5.87. The van der Waals surface area contributed by atoms with Crippen LogP contribution >= 0.6 is 0 Å². The summed E-state index contributed by atoms with van der Waals surface area (Å²) in [5, 5.41) is 0. The summed E-state index contributed by atoms with van der Waals surface area (Å²) < 4.78 is 13.5. The Morgan fingerprint density at radius 2 is 1.65 bits per heavy atom. The van der Waals surface area contributed by atoms with Crippen LogP contribution in [-0.4, -0.2) is 44.5 Å². The molecule has 0 saturated heterocycles. The summed E-state index contributed by atoms with van der Waals surface area (Å²) in [4.78, 5) is 44.0. The highest BCUT2D eigenvalue weighted by Gasteiger charge is 2.37. The van der Waals surface area contributed by atoms with Gasteiger partial charge in [-0.1, -0.05) is 0 Å². The fourth-order valence-corrected chi connectivity index (χ4v) is 1.19. The third-order valence-electron chi connectivity index (χ3n) is 1.95. The molecule has 0 rings (SSSR count). The van der Waals surface area contributed by atoms with Gasteiger partial charge in [-0.3, -0.25) is 9.59 Å². The van der Waals surface area contributed by atoms with E-state index in [1.54, 1.807) is 0 Å². The van der Waals surface area contributed by atoms with Gasteiger partial charge < -0.3 is 19.0 Å². The fraction of sp³-hybridized carbons (Fsp3) is 0.600. The molecule has 96 valence electrons. The minimum Gasteiger partial charge on any atom is -0.469 e. The quantitative estimate of drug-likeness (QED) is 0.353. The van der Waals surface area contributed by atoms with Crippen LogP contribution in [0.15, 0.2) is 0 Å². The summed E-state index contributed by atoms with van der Waals surface area (Å²) in [6, 6.07) is 0. The molecule has 0 aromatic rings. The molecule has 0 radical (unpaired) electrons. The first-order valence-corrected chi connectivity index (χ1v) is 4.74. The smallest absolute Gasteiger partial charge is 0.348 e. The molecule has 0 aliphatic carbocycles. The molecule has 0 N–H and O–H groups in total. The maximum Gasteiger partial charge on any atom is 0.348 e. The van der Waals surface area contributed by atoms with Crippen LogP contribution in [0.3, 0.4) is 0 Å². The Bertz CT molecular complexity index is 310. The molecule has 0 heterocycles. The highest BCUT2D eigenvalue weighted by atomic mass is 16.6. The number of aldehydes is 1. The van der Waals surface area contributed by atoms with Crippen molar-refractivity contribution < 1.29 is 33.4 Å². The standard InChI is InChI=1S/C10H14O7/c1-6(12)17-8(10(14)16-3)7(4-5-11)9(13)15-2/h5,7-8H,4H2,1-3H3/t7-,8+/m0/s1. The number of carbonyl (C=O) groups excluding carboxylic acids is 4. The van der Waals surface area contributed by atoms with Crippen LogP contribution in [0.25, 0.3) is 0 Å². The van der Waals surface area contributed by atoms with Crippen LogP contribution < -0.4 is 0 Å². The number of hydrogen-bond donors (Lipinski definition) is 0. The number of rotatable bonds is 6. The van der Waals surface area contributed by atoms with Gasteiger partial charge in [0.25, 0.3) is 0 Å². The second kappa shape index (κ2) is 7.37. The molecule has 0 fully saturated rings. The first-order chi connectivity index (χ1) is 7.97. The minimum atomic E-state index is -1.48. The Kier molecular flexibility index (Phi) is 6.54. The van der Waals surface area contributed by atoms with Gasteiger partial charge in [-0.15, -0.1) is 0 Å². The van der Waals surface area contributed by atoms with E-state index < -0.39 is 29.9 Å². The Morgan fingerprint density at radius 3 is 2.00 bits per heavy atom. The molecular weight excluding hydrogens is 232 g/mol.